The molecule has 21 heavy (non-hydrogen) atoms. The van der Waals surface area contributed by atoms with Crippen molar-refractivity contribution in [3.8, 4) is 5.82 Å². The Morgan fingerprint density at radius 3 is 3.00 bits per heavy atom. The first-order valence-corrected chi connectivity index (χ1v) is 6.50. The predicted octanol–water partition coefficient (Wildman–Crippen LogP) is 2.10. The Bertz CT molecular complexity index is 747. The summed E-state index contributed by atoms with van der Waals surface area (Å²) in [7, 11) is 0. The van der Waals surface area contributed by atoms with Crippen LogP contribution in [0.4, 0.5) is 0 Å². The van der Waals surface area contributed by atoms with Crippen molar-refractivity contribution in [3.05, 3.63) is 66.3 Å². The van der Waals surface area contributed by atoms with E-state index < -0.39 is 0 Å². The minimum atomic E-state index is -0.165. The number of aromatic nitrogens is 3. The molecule has 1 amide bonds. The first-order valence-electron chi connectivity index (χ1n) is 6.50. The van der Waals surface area contributed by atoms with Gasteiger partial charge in [0.05, 0.1) is 11.8 Å². The highest BCUT2D eigenvalue weighted by Gasteiger charge is 2.12. The first kappa shape index (κ1) is 13.1. The molecule has 3 aromatic heterocycles. The van der Waals surface area contributed by atoms with E-state index in [1.54, 1.807) is 31.7 Å². The third-order valence-electron chi connectivity index (χ3n) is 3.16. The molecule has 3 aromatic rings. The number of nitrogens with one attached hydrogen (secondary N) is 1. The number of furan rings is 1. The monoisotopic (exact) mass is 282 g/mol. The van der Waals surface area contributed by atoms with E-state index in [0.717, 1.165) is 11.4 Å². The quantitative estimate of drug-likeness (QED) is 0.795. The van der Waals surface area contributed by atoms with Crippen molar-refractivity contribution >= 4 is 5.91 Å². The van der Waals surface area contributed by atoms with Gasteiger partial charge >= 0.3 is 0 Å². The van der Waals surface area contributed by atoms with Gasteiger partial charge in [-0.3, -0.25) is 9.36 Å². The van der Waals surface area contributed by atoms with Crippen molar-refractivity contribution in [2.45, 2.75) is 13.5 Å². The molecule has 3 rings (SSSR count). The summed E-state index contributed by atoms with van der Waals surface area (Å²) in [5.41, 5.74) is 1.45. The summed E-state index contributed by atoms with van der Waals surface area (Å²) in [6, 6.07) is 5.42. The van der Waals surface area contributed by atoms with Gasteiger partial charge in [0.15, 0.2) is 0 Å². The van der Waals surface area contributed by atoms with Crippen molar-refractivity contribution in [2.24, 2.45) is 0 Å². The number of hydrogen-bond acceptors (Lipinski definition) is 4. The molecular weight excluding hydrogens is 268 g/mol. The van der Waals surface area contributed by atoms with Crippen molar-refractivity contribution in [1.29, 1.82) is 0 Å². The SMILES string of the molecule is Cc1occc1C(=O)NCc1cccnc1-n1ccnc1. The highest BCUT2D eigenvalue weighted by Crippen LogP contribution is 2.12. The molecule has 6 nitrogen and oxygen atoms in total. The summed E-state index contributed by atoms with van der Waals surface area (Å²) in [5, 5.41) is 2.87. The summed E-state index contributed by atoms with van der Waals surface area (Å²) >= 11 is 0. The normalized spacial score (nSPS) is 10.5. The lowest BCUT2D eigenvalue weighted by Crippen LogP contribution is -2.23. The molecule has 0 unspecified atom stereocenters. The maximum Gasteiger partial charge on any atom is 0.255 e. The number of imidazole rings is 1. The van der Waals surface area contributed by atoms with Crippen LogP contribution in [0.3, 0.4) is 0 Å². The number of rotatable bonds is 4. The van der Waals surface area contributed by atoms with Crippen LogP contribution in [-0.2, 0) is 6.54 Å². The van der Waals surface area contributed by atoms with Crippen LogP contribution in [0.1, 0.15) is 21.7 Å². The van der Waals surface area contributed by atoms with Gasteiger partial charge in [-0.25, -0.2) is 9.97 Å². The molecule has 0 saturated heterocycles. The summed E-state index contributed by atoms with van der Waals surface area (Å²) in [6.07, 6.45) is 8.39. The van der Waals surface area contributed by atoms with E-state index in [-0.39, 0.29) is 5.91 Å². The molecule has 0 spiro atoms. The van der Waals surface area contributed by atoms with E-state index in [1.165, 1.54) is 6.26 Å². The zero-order chi connectivity index (χ0) is 14.7. The van der Waals surface area contributed by atoms with Crippen molar-refractivity contribution in [3.63, 3.8) is 0 Å². The van der Waals surface area contributed by atoms with Crippen molar-refractivity contribution in [1.82, 2.24) is 19.9 Å². The molecule has 3 heterocycles. The molecule has 0 fully saturated rings. The molecular formula is C15H14N4O2. The van der Waals surface area contributed by atoms with Gasteiger partial charge in [-0.2, -0.15) is 0 Å². The van der Waals surface area contributed by atoms with Crippen molar-refractivity contribution < 1.29 is 9.21 Å². The van der Waals surface area contributed by atoms with Crippen LogP contribution in [0.15, 0.2) is 53.8 Å². The zero-order valence-corrected chi connectivity index (χ0v) is 11.5. The highest BCUT2D eigenvalue weighted by molar-refractivity contribution is 5.95. The second kappa shape index (κ2) is 5.62. The van der Waals surface area contributed by atoms with Crippen LogP contribution in [0, 0.1) is 6.92 Å². The van der Waals surface area contributed by atoms with Gasteiger partial charge in [-0.15, -0.1) is 0 Å². The number of hydrogen-bond donors (Lipinski definition) is 1. The third kappa shape index (κ3) is 2.69. The average molecular weight is 282 g/mol. The Balaban J connectivity index is 1.77. The fourth-order valence-corrected chi connectivity index (χ4v) is 2.08. The molecule has 0 aliphatic heterocycles. The molecule has 0 saturated carbocycles. The van der Waals surface area contributed by atoms with Gasteiger partial charge in [-0.05, 0) is 19.1 Å². The van der Waals surface area contributed by atoms with Gasteiger partial charge < -0.3 is 9.73 Å². The number of pyridine rings is 1. The number of nitrogens with zero attached hydrogens (tertiary/aromatic N) is 3. The minimum absolute atomic E-state index is 0.165. The molecule has 0 bridgehead atoms. The van der Waals surface area contributed by atoms with Crippen molar-refractivity contribution in [2.75, 3.05) is 0 Å². The second-order valence-electron chi connectivity index (χ2n) is 4.53. The van der Waals surface area contributed by atoms with E-state index in [0.29, 0.717) is 17.9 Å². The number of carbonyl (C=O) groups excluding carboxylic acids is 1. The average Bonchev–Trinajstić information content (AvgIpc) is 3.16. The molecule has 0 aliphatic carbocycles. The molecule has 106 valence electrons. The van der Waals surface area contributed by atoms with E-state index >= 15 is 0 Å². The van der Waals surface area contributed by atoms with Gasteiger partial charge in [0.2, 0.25) is 0 Å². The lowest BCUT2D eigenvalue weighted by Gasteiger charge is -2.09. The van der Waals surface area contributed by atoms with E-state index in [4.69, 9.17) is 4.42 Å². The minimum Gasteiger partial charge on any atom is -0.469 e. The highest BCUT2D eigenvalue weighted by atomic mass is 16.3. The number of amides is 1. The molecule has 0 aliphatic rings. The molecule has 1 N–H and O–H groups in total. The zero-order valence-electron chi connectivity index (χ0n) is 11.5. The largest absolute Gasteiger partial charge is 0.469 e. The molecule has 0 radical (unpaired) electrons. The molecule has 6 heteroatoms. The molecule has 0 atom stereocenters. The van der Waals surface area contributed by atoms with Crippen LogP contribution in [0.25, 0.3) is 5.82 Å². The van der Waals surface area contributed by atoms with Gasteiger partial charge in [0, 0.05) is 30.7 Å². The summed E-state index contributed by atoms with van der Waals surface area (Å²) in [6.45, 7) is 2.14. The van der Waals surface area contributed by atoms with Crippen LogP contribution in [-0.4, -0.2) is 20.4 Å². The smallest absolute Gasteiger partial charge is 0.255 e. The van der Waals surface area contributed by atoms with Crippen LogP contribution >= 0.6 is 0 Å². The summed E-state index contributed by atoms with van der Waals surface area (Å²) in [4.78, 5) is 20.4. The number of aryl methyl sites for hydroxylation is 1. The Kier molecular flexibility index (Phi) is 3.51. The van der Waals surface area contributed by atoms with Gasteiger partial charge in [0.1, 0.15) is 17.9 Å². The predicted molar refractivity (Wildman–Crippen MR) is 76.0 cm³/mol. The Morgan fingerprint density at radius 2 is 2.29 bits per heavy atom. The fourth-order valence-electron chi connectivity index (χ4n) is 2.08. The van der Waals surface area contributed by atoms with Gasteiger partial charge in [0.25, 0.3) is 5.91 Å². The Hall–Kier alpha value is -2.89. The molecule has 0 aromatic carbocycles. The van der Waals surface area contributed by atoms with E-state index in [2.05, 4.69) is 15.3 Å². The first-order chi connectivity index (χ1) is 10.3. The summed E-state index contributed by atoms with van der Waals surface area (Å²) < 4.78 is 6.94. The van der Waals surface area contributed by atoms with Crippen LogP contribution in [0.2, 0.25) is 0 Å². The topological polar surface area (TPSA) is 73.0 Å². The van der Waals surface area contributed by atoms with Crippen LogP contribution < -0.4 is 5.32 Å². The maximum absolute atomic E-state index is 12.1. The van der Waals surface area contributed by atoms with E-state index in [9.17, 15) is 4.79 Å². The third-order valence-corrected chi connectivity index (χ3v) is 3.16. The second-order valence-corrected chi connectivity index (χ2v) is 4.53. The van der Waals surface area contributed by atoms with Gasteiger partial charge in [-0.1, -0.05) is 6.07 Å². The maximum atomic E-state index is 12.1. The lowest BCUT2D eigenvalue weighted by atomic mass is 10.2. The fraction of sp³-hybridized carbons (Fsp3) is 0.133. The standard InChI is InChI=1S/C15H14N4O2/c1-11-13(4-8-21-11)15(20)18-9-12-3-2-5-17-14(12)19-7-6-16-10-19/h2-8,10H,9H2,1H3,(H,18,20). The summed E-state index contributed by atoms with van der Waals surface area (Å²) in [5.74, 6) is 1.19. The lowest BCUT2D eigenvalue weighted by molar-refractivity contribution is 0.0949. The van der Waals surface area contributed by atoms with Crippen LogP contribution in [0.5, 0.6) is 0 Å². The number of carbonyl (C=O) groups is 1. The Morgan fingerprint density at radius 1 is 1.38 bits per heavy atom. The van der Waals surface area contributed by atoms with E-state index in [1.807, 2.05) is 22.9 Å². The Labute approximate surface area is 121 Å².